The Kier molecular flexibility index (Phi) is 32.7. The molecule has 0 fully saturated rings. The van der Waals surface area contributed by atoms with E-state index in [-0.39, 0.29) is 48.9 Å². The Morgan fingerprint density at radius 2 is 0.833 bits per heavy atom. The summed E-state index contributed by atoms with van der Waals surface area (Å²) in [6.45, 7) is 11.8. The van der Waals surface area contributed by atoms with Gasteiger partial charge in [0.05, 0.1) is 24.9 Å². The van der Waals surface area contributed by atoms with Gasteiger partial charge in [-0.2, -0.15) is 0 Å². The molecule has 0 aromatic rings. The molecule has 0 aliphatic rings. The van der Waals surface area contributed by atoms with E-state index in [1.165, 1.54) is 89.9 Å². The van der Waals surface area contributed by atoms with Crippen molar-refractivity contribution in [3.8, 4) is 0 Å². The van der Waals surface area contributed by atoms with Crippen LogP contribution in [0.3, 0.4) is 0 Å². The largest absolute Gasteiger partial charge is 0.464 e. The maximum atomic E-state index is 13.2. The molecule has 0 saturated carbocycles. The van der Waals surface area contributed by atoms with Gasteiger partial charge in [0.25, 0.3) is 0 Å². The first-order valence-corrected chi connectivity index (χ1v) is 20.6. The fourth-order valence-corrected chi connectivity index (χ4v) is 6.34. The molecule has 1 N–H and O–H groups in total. The molecule has 0 aromatic heterocycles. The van der Waals surface area contributed by atoms with E-state index in [0.717, 1.165) is 64.2 Å². The maximum absolute atomic E-state index is 13.2. The zero-order chi connectivity index (χ0) is 35.7. The molecule has 1 amide bonds. The number of carbonyl (C=O) groups is 3. The molecule has 0 spiro atoms. The number of unbranched alkanes of at least 4 members (excludes halogenated alkanes) is 16. The first-order valence-electron chi connectivity index (χ1n) is 20.6. The van der Waals surface area contributed by atoms with Gasteiger partial charge in [0.2, 0.25) is 5.91 Å². The van der Waals surface area contributed by atoms with Gasteiger partial charge < -0.3 is 19.7 Å². The van der Waals surface area contributed by atoms with E-state index < -0.39 is 0 Å². The van der Waals surface area contributed by atoms with Crippen LogP contribution in [-0.4, -0.2) is 62.1 Å². The second-order valence-electron chi connectivity index (χ2n) is 14.3. The lowest BCUT2D eigenvalue weighted by Gasteiger charge is -2.25. The SMILES string of the molecule is CCCCCCCCC(CCCCCC)C(=O)OCCN(CCOC(=O)C(CCCCCC)CCCCCCCC)C(=O)CC(C)NC. The Morgan fingerprint density at radius 1 is 0.521 bits per heavy atom. The predicted molar refractivity (Wildman–Crippen MR) is 202 cm³/mol. The van der Waals surface area contributed by atoms with Gasteiger partial charge in [-0.05, 0) is 39.7 Å². The summed E-state index contributed by atoms with van der Waals surface area (Å²) in [4.78, 5) is 41.4. The summed E-state index contributed by atoms with van der Waals surface area (Å²) < 4.78 is 11.6. The number of rotatable bonds is 35. The number of carbonyl (C=O) groups excluding carboxylic acids is 3. The lowest BCUT2D eigenvalue weighted by Crippen LogP contribution is -2.40. The molecular weight excluding hydrogens is 600 g/mol. The van der Waals surface area contributed by atoms with Crippen LogP contribution in [0.25, 0.3) is 0 Å². The van der Waals surface area contributed by atoms with Crippen molar-refractivity contribution in [2.45, 2.75) is 201 Å². The molecule has 0 aliphatic carbocycles. The Hall–Kier alpha value is -1.63. The smallest absolute Gasteiger partial charge is 0.308 e. The van der Waals surface area contributed by atoms with Crippen molar-refractivity contribution in [2.75, 3.05) is 33.4 Å². The van der Waals surface area contributed by atoms with E-state index in [1.54, 1.807) is 4.90 Å². The fourth-order valence-electron chi connectivity index (χ4n) is 6.34. The van der Waals surface area contributed by atoms with E-state index in [0.29, 0.717) is 19.5 Å². The molecule has 0 heterocycles. The third-order valence-electron chi connectivity index (χ3n) is 9.83. The Morgan fingerprint density at radius 3 is 1.17 bits per heavy atom. The second kappa shape index (κ2) is 33.8. The highest BCUT2D eigenvalue weighted by Gasteiger charge is 2.23. The average molecular weight is 681 g/mol. The zero-order valence-corrected chi connectivity index (χ0v) is 32.7. The molecule has 0 radical (unpaired) electrons. The van der Waals surface area contributed by atoms with Gasteiger partial charge in [0.15, 0.2) is 0 Å². The lowest BCUT2D eigenvalue weighted by molar-refractivity contribution is -0.152. The predicted octanol–water partition coefficient (Wildman–Crippen LogP) is 10.6. The van der Waals surface area contributed by atoms with Crippen molar-refractivity contribution in [3.05, 3.63) is 0 Å². The summed E-state index contributed by atoms with van der Waals surface area (Å²) in [6.07, 6.45) is 27.5. The van der Waals surface area contributed by atoms with Crippen molar-refractivity contribution < 1.29 is 23.9 Å². The van der Waals surface area contributed by atoms with Crippen molar-refractivity contribution in [1.82, 2.24) is 10.2 Å². The molecule has 0 bridgehead atoms. The van der Waals surface area contributed by atoms with Crippen LogP contribution in [0.15, 0.2) is 0 Å². The van der Waals surface area contributed by atoms with Crippen molar-refractivity contribution in [3.63, 3.8) is 0 Å². The van der Waals surface area contributed by atoms with Crippen LogP contribution in [0, 0.1) is 11.8 Å². The Labute approximate surface area is 297 Å². The molecule has 0 saturated heterocycles. The molecule has 0 rings (SSSR count). The third kappa shape index (κ3) is 26.3. The molecule has 48 heavy (non-hydrogen) atoms. The van der Waals surface area contributed by atoms with Crippen LogP contribution in [0.2, 0.25) is 0 Å². The van der Waals surface area contributed by atoms with E-state index in [1.807, 2.05) is 14.0 Å². The number of nitrogens with zero attached hydrogens (tertiary/aromatic N) is 1. The van der Waals surface area contributed by atoms with Gasteiger partial charge in [0, 0.05) is 12.5 Å². The summed E-state index contributed by atoms with van der Waals surface area (Å²) in [6, 6.07) is 0.0276. The molecular formula is C41H80N2O5. The van der Waals surface area contributed by atoms with Crippen LogP contribution in [-0.2, 0) is 23.9 Å². The van der Waals surface area contributed by atoms with Gasteiger partial charge >= 0.3 is 11.9 Å². The number of nitrogens with one attached hydrogen (secondary N) is 1. The third-order valence-corrected chi connectivity index (χ3v) is 9.83. The van der Waals surface area contributed by atoms with Crippen LogP contribution in [0.5, 0.6) is 0 Å². The highest BCUT2D eigenvalue weighted by molar-refractivity contribution is 5.77. The normalized spacial score (nSPS) is 13.2. The Bertz CT molecular complexity index is 711. The highest BCUT2D eigenvalue weighted by atomic mass is 16.5. The summed E-state index contributed by atoms with van der Waals surface area (Å²) in [5.41, 5.74) is 0. The molecule has 7 nitrogen and oxygen atoms in total. The van der Waals surface area contributed by atoms with Gasteiger partial charge in [-0.3, -0.25) is 14.4 Å². The fraction of sp³-hybridized carbons (Fsp3) is 0.927. The molecule has 0 aromatic carbocycles. The highest BCUT2D eigenvalue weighted by Crippen LogP contribution is 2.22. The van der Waals surface area contributed by atoms with Crippen LogP contribution < -0.4 is 5.32 Å². The number of hydrogen-bond donors (Lipinski definition) is 1. The average Bonchev–Trinajstić information content (AvgIpc) is 3.08. The minimum atomic E-state index is -0.122. The molecule has 284 valence electrons. The van der Waals surface area contributed by atoms with Gasteiger partial charge in [-0.25, -0.2) is 0 Å². The topological polar surface area (TPSA) is 84.9 Å². The molecule has 0 aliphatic heterocycles. The zero-order valence-electron chi connectivity index (χ0n) is 32.7. The van der Waals surface area contributed by atoms with Crippen molar-refractivity contribution in [1.29, 1.82) is 0 Å². The van der Waals surface area contributed by atoms with E-state index in [2.05, 4.69) is 33.0 Å². The van der Waals surface area contributed by atoms with Crippen LogP contribution >= 0.6 is 0 Å². The van der Waals surface area contributed by atoms with Gasteiger partial charge in [-0.15, -0.1) is 0 Å². The first-order chi connectivity index (χ1) is 23.3. The summed E-state index contributed by atoms with van der Waals surface area (Å²) >= 11 is 0. The monoisotopic (exact) mass is 681 g/mol. The summed E-state index contributed by atoms with van der Waals surface area (Å²) in [5.74, 6) is -0.395. The molecule has 7 heteroatoms. The lowest BCUT2D eigenvalue weighted by atomic mass is 9.94. The van der Waals surface area contributed by atoms with Crippen LogP contribution in [0.1, 0.15) is 195 Å². The first kappa shape index (κ1) is 46.4. The van der Waals surface area contributed by atoms with E-state index >= 15 is 0 Å². The quantitative estimate of drug-likeness (QED) is 0.0530. The number of hydrogen-bond acceptors (Lipinski definition) is 6. The molecule has 3 atom stereocenters. The Balaban J connectivity index is 5.12. The minimum absolute atomic E-state index is 0.0182. The van der Waals surface area contributed by atoms with E-state index in [4.69, 9.17) is 9.47 Å². The van der Waals surface area contributed by atoms with Gasteiger partial charge in [0.1, 0.15) is 13.2 Å². The summed E-state index contributed by atoms with van der Waals surface area (Å²) in [7, 11) is 1.85. The van der Waals surface area contributed by atoms with Crippen molar-refractivity contribution >= 4 is 17.8 Å². The maximum Gasteiger partial charge on any atom is 0.308 e. The van der Waals surface area contributed by atoms with E-state index in [9.17, 15) is 14.4 Å². The number of esters is 2. The number of amides is 1. The number of ether oxygens (including phenoxy) is 2. The second-order valence-corrected chi connectivity index (χ2v) is 14.3. The summed E-state index contributed by atoms with van der Waals surface area (Å²) in [5, 5.41) is 3.14. The molecule has 3 unspecified atom stereocenters. The van der Waals surface area contributed by atoms with Crippen molar-refractivity contribution in [2.24, 2.45) is 11.8 Å². The van der Waals surface area contributed by atoms with Crippen LogP contribution in [0.4, 0.5) is 0 Å². The minimum Gasteiger partial charge on any atom is -0.464 e. The standard InChI is InChI=1S/C41H80N2O5/c1-7-11-15-19-21-25-29-37(27-23-17-13-9-3)40(45)47-33-31-43(39(44)35-36(5)42-6)32-34-48-41(46)38(28-24-18-14-10-4)30-26-22-20-16-12-8-2/h36-38,42H,7-35H2,1-6H3. The van der Waals surface area contributed by atoms with Gasteiger partial charge in [-0.1, -0.05) is 156 Å².